The van der Waals surface area contributed by atoms with Crippen LogP contribution in [0, 0.1) is 0 Å². The molecular formula is C13H26N2O3. The number of hydrogen-bond acceptors (Lipinski definition) is 4. The first-order chi connectivity index (χ1) is 8.28. The number of nitrogens with one attached hydrogen (secondary N) is 2. The molecule has 1 amide bonds. The minimum absolute atomic E-state index is 0.0349. The Morgan fingerprint density at radius 1 is 1.50 bits per heavy atom. The van der Waals surface area contributed by atoms with E-state index in [0.717, 1.165) is 19.6 Å². The van der Waals surface area contributed by atoms with E-state index in [2.05, 4.69) is 17.6 Å². The summed E-state index contributed by atoms with van der Waals surface area (Å²) in [4.78, 5) is 11.5. The van der Waals surface area contributed by atoms with Gasteiger partial charge in [-0.15, -0.1) is 0 Å². The van der Waals surface area contributed by atoms with Crippen molar-refractivity contribution < 1.29 is 14.3 Å². The van der Waals surface area contributed by atoms with Gasteiger partial charge in [0.15, 0.2) is 0 Å². The molecule has 18 heavy (non-hydrogen) atoms. The van der Waals surface area contributed by atoms with Crippen LogP contribution in [0.25, 0.3) is 0 Å². The van der Waals surface area contributed by atoms with Gasteiger partial charge in [0.2, 0.25) is 0 Å². The molecule has 3 unspecified atom stereocenters. The van der Waals surface area contributed by atoms with Crippen LogP contribution >= 0.6 is 0 Å². The maximum Gasteiger partial charge on any atom is 0.407 e. The van der Waals surface area contributed by atoms with E-state index in [-0.39, 0.29) is 18.2 Å². The van der Waals surface area contributed by atoms with Crippen molar-refractivity contribution in [2.75, 3.05) is 13.2 Å². The summed E-state index contributed by atoms with van der Waals surface area (Å²) in [5.41, 5.74) is -0.453. The van der Waals surface area contributed by atoms with Gasteiger partial charge >= 0.3 is 6.09 Å². The number of amides is 1. The summed E-state index contributed by atoms with van der Waals surface area (Å²) in [6, 6.07) is 0.417. The van der Waals surface area contributed by atoms with Gasteiger partial charge in [-0.25, -0.2) is 4.79 Å². The topological polar surface area (TPSA) is 59.6 Å². The van der Waals surface area contributed by atoms with Crippen molar-refractivity contribution >= 4 is 6.09 Å². The summed E-state index contributed by atoms with van der Waals surface area (Å²) >= 11 is 0. The lowest BCUT2D eigenvalue weighted by molar-refractivity contribution is 0.0506. The zero-order chi connectivity index (χ0) is 13.8. The maximum atomic E-state index is 11.5. The molecule has 5 nitrogen and oxygen atoms in total. The van der Waals surface area contributed by atoms with Crippen molar-refractivity contribution in [2.24, 2.45) is 0 Å². The van der Waals surface area contributed by atoms with Gasteiger partial charge in [0.05, 0.1) is 6.10 Å². The first-order valence-electron chi connectivity index (χ1n) is 6.62. The lowest BCUT2D eigenvalue weighted by atomic mass is 10.1. The minimum atomic E-state index is -0.453. The van der Waals surface area contributed by atoms with Gasteiger partial charge in [-0.2, -0.15) is 0 Å². The smallest absolute Gasteiger partial charge is 0.407 e. The first-order valence-corrected chi connectivity index (χ1v) is 6.62. The van der Waals surface area contributed by atoms with Gasteiger partial charge in [0, 0.05) is 25.2 Å². The van der Waals surface area contributed by atoms with E-state index in [1.165, 1.54) is 0 Å². The normalized spacial score (nSPS) is 25.8. The molecule has 0 radical (unpaired) electrons. The van der Waals surface area contributed by atoms with E-state index >= 15 is 0 Å². The highest BCUT2D eigenvalue weighted by Crippen LogP contribution is 2.12. The SMILES string of the molecule is CC(CNC1CCOC1C)NC(=O)OC(C)(C)C. The average Bonchev–Trinajstić information content (AvgIpc) is 2.57. The lowest BCUT2D eigenvalue weighted by Gasteiger charge is -2.23. The van der Waals surface area contributed by atoms with Crippen molar-refractivity contribution in [1.29, 1.82) is 0 Å². The molecule has 0 aromatic heterocycles. The van der Waals surface area contributed by atoms with Crippen LogP contribution in [0.2, 0.25) is 0 Å². The van der Waals surface area contributed by atoms with Crippen LogP contribution in [-0.2, 0) is 9.47 Å². The molecule has 0 spiro atoms. The Balaban J connectivity index is 2.21. The van der Waals surface area contributed by atoms with Crippen LogP contribution < -0.4 is 10.6 Å². The molecule has 1 aliphatic heterocycles. The molecule has 0 aliphatic carbocycles. The van der Waals surface area contributed by atoms with Gasteiger partial charge < -0.3 is 20.1 Å². The third-order valence-corrected chi connectivity index (χ3v) is 2.83. The largest absolute Gasteiger partial charge is 0.444 e. The van der Waals surface area contributed by atoms with Crippen molar-refractivity contribution in [3.8, 4) is 0 Å². The van der Waals surface area contributed by atoms with E-state index in [1.807, 2.05) is 27.7 Å². The molecule has 0 aromatic carbocycles. The number of ether oxygens (including phenoxy) is 2. The Bertz CT molecular complexity index is 276. The monoisotopic (exact) mass is 258 g/mol. The summed E-state index contributed by atoms with van der Waals surface area (Å²) in [5, 5.41) is 6.21. The van der Waals surface area contributed by atoms with Crippen molar-refractivity contribution in [3.63, 3.8) is 0 Å². The molecule has 0 saturated carbocycles. The van der Waals surface area contributed by atoms with Crippen molar-refractivity contribution in [3.05, 3.63) is 0 Å². The highest BCUT2D eigenvalue weighted by molar-refractivity contribution is 5.68. The number of rotatable bonds is 4. The second-order valence-corrected chi connectivity index (χ2v) is 5.93. The summed E-state index contributed by atoms with van der Waals surface area (Å²) in [6.45, 7) is 11.1. The predicted octanol–water partition coefficient (Wildman–Crippen LogP) is 1.67. The van der Waals surface area contributed by atoms with Crippen molar-refractivity contribution in [1.82, 2.24) is 10.6 Å². The van der Waals surface area contributed by atoms with Gasteiger partial charge in [-0.1, -0.05) is 0 Å². The Hall–Kier alpha value is -0.810. The molecule has 1 saturated heterocycles. The summed E-state index contributed by atoms with van der Waals surface area (Å²) < 4.78 is 10.7. The van der Waals surface area contributed by atoms with Crippen LogP contribution in [0.4, 0.5) is 4.79 Å². The molecule has 0 bridgehead atoms. The second-order valence-electron chi connectivity index (χ2n) is 5.93. The number of carbonyl (C=O) groups is 1. The Labute approximate surface area is 110 Å². The molecule has 5 heteroatoms. The summed E-state index contributed by atoms with van der Waals surface area (Å²) in [6.07, 6.45) is 0.909. The lowest BCUT2D eigenvalue weighted by Crippen LogP contribution is -2.46. The number of carbonyl (C=O) groups excluding carboxylic acids is 1. The van der Waals surface area contributed by atoms with E-state index < -0.39 is 5.60 Å². The van der Waals surface area contributed by atoms with Crippen LogP contribution in [0.3, 0.4) is 0 Å². The molecule has 2 N–H and O–H groups in total. The Morgan fingerprint density at radius 2 is 2.17 bits per heavy atom. The predicted molar refractivity (Wildman–Crippen MR) is 70.7 cm³/mol. The second kappa shape index (κ2) is 6.38. The zero-order valence-electron chi connectivity index (χ0n) is 12.1. The number of alkyl carbamates (subject to hydrolysis) is 1. The first kappa shape index (κ1) is 15.2. The van der Waals surface area contributed by atoms with Gasteiger partial charge in [0.1, 0.15) is 5.60 Å². The molecule has 1 heterocycles. The van der Waals surface area contributed by atoms with E-state index in [0.29, 0.717) is 6.04 Å². The number of hydrogen-bond donors (Lipinski definition) is 2. The molecule has 3 atom stereocenters. The van der Waals surface area contributed by atoms with E-state index in [9.17, 15) is 4.79 Å². The fraction of sp³-hybridized carbons (Fsp3) is 0.923. The maximum absolute atomic E-state index is 11.5. The van der Waals surface area contributed by atoms with Crippen LogP contribution in [0.15, 0.2) is 0 Å². The molecular weight excluding hydrogens is 232 g/mol. The third-order valence-electron chi connectivity index (χ3n) is 2.83. The third kappa shape index (κ3) is 5.69. The van der Waals surface area contributed by atoms with Crippen LogP contribution in [0.1, 0.15) is 41.0 Å². The molecule has 1 rings (SSSR count). The van der Waals surface area contributed by atoms with Gasteiger partial charge in [-0.3, -0.25) is 0 Å². The highest BCUT2D eigenvalue weighted by Gasteiger charge is 2.24. The fourth-order valence-electron chi connectivity index (χ4n) is 1.89. The Morgan fingerprint density at radius 3 is 2.67 bits per heavy atom. The molecule has 0 aromatic rings. The minimum Gasteiger partial charge on any atom is -0.444 e. The van der Waals surface area contributed by atoms with E-state index in [4.69, 9.17) is 9.47 Å². The molecule has 106 valence electrons. The fourth-order valence-corrected chi connectivity index (χ4v) is 1.89. The average molecular weight is 258 g/mol. The van der Waals surface area contributed by atoms with Gasteiger partial charge in [-0.05, 0) is 41.0 Å². The van der Waals surface area contributed by atoms with Crippen LogP contribution in [-0.4, -0.2) is 43.0 Å². The van der Waals surface area contributed by atoms with Crippen LogP contribution in [0.5, 0.6) is 0 Å². The standard InChI is InChI=1S/C13H26N2O3/c1-9(15-12(16)18-13(3,4)5)8-14-11-6-7-17-10(11)2/h9-11,14H,6-8H2,1-5H3,(H,15,16). The Kier molecular flexibility index (Phi) is 5.41. The zero-order valence-corrected chi connectivity index (χ0v) is 12.1. The summed E-state index contributed by atoms with van der Waals surface area (Å²) in [5.74, 6) is 0. The molecule has 1 fully saturated rings. The van der Waals surface area contributed by atoms with Gasteiger partial charge in [0.25, 0.3) is 0 Å². The van der Waals surface area contributed by atoms with E-state index in [1.54, 1.807) is 0 Å². The van der Waals surface area contributed by atoms with Crippen molar-refractivity contribution in [2.45, 2.75) is 64.8 Å². The summed E-state index contributed by atoms with van der Waals surface area (Å²) in [7, 11) is 0. The highest BCUT2D eigenvalue weighted by atomic mass is 16.6. The molecule has 1 aliphatic rings. The quantitative estimate of drug-likeness (QED) is 0.805.